The van der Waals surface area contributed by atoms with Gasteiger partial charge in [0.1, 0.15) is 5.41 Å². The topological polar surface area (TPSA) is 88.4 Å². The van der Waals surface area contributed by atoms with Gasteiger partial charge in [-0.1, -0.05) is 30.3 Å². The number of carboxylic acid groups (broad SMARTS) is 1. The maximum absolute atomic E-state index is 12.0. The van der Waals surface area contributed by atoms with Crippen LogP contribution >= 0.6 is 0 Å². The van der Waals surface area contributed by atoms with E-state index in [1.165, 1.54) is 6.07 Å². The predicted octanol–water partition coefficient (Wildman–Crippen LogP) is 1.38. The van der Waals surface area contributed by atoms with Crippen LogP contribution in [-0.4, -0.2) is 21.6 Å². The van der Waals surface area contributed by atoms with Gasteiger partial charge in [0, 0.05) is 18.8 Å². The largest absolute Gasteiger partial charge is 0.480 e. The van der Waals surface area contributed by atoms with Crippen molar-refractivity contribution < 1.29 is 14.7 Å². The van der Waals surface area contributed by atoms with Crippen molar-refractivity contribution in [3.8, 4) is 0 Å². The van der Waals surface area contributed by atoms with Crippen molar-refractivity contribution in [3.63, 3.8) is 0 Å². The number of aromatic nitrogens is 1. The first kappa shape index (κ1) is 16.0. The predicted molar refractivity (Wildman–Crippen MR) is 87.4 cm³/mol. The van der Waals surface area contributed by atoms with Crippen LogP contribution in [0.4, 0.5) is 0 Å². The lowest BCUT2D eigenvalue weighted by Crippen LogP contribution is -2.36. The highest BCUT2D eigenvalue weighted by molar-refractivity contribution is 6.04. The van der Waals surface area contributed by atoms with E-state index in [0.717, 1.165) is 11.1 Å². The van der Waals surface area contributed by atoms with Crippen molar-refractivity contribution in [2.24, 2.45) is 5.41 Å². The van der Waals surface area contributed by atoms with E-state index in [0.29, 0.717) is 25.9 Å². The van der Waals surface area contributed by atoms with Crippen molar-refractivity contribution in [3.05, 3.63) is 70.1 Å². The van der Waals surface area contributed by atoms with Crippen LogP contribution in [0.3, 0.4) is 0 Å². The van der Waals surface area contributed by atoms with E-state index in [1.54, 1.807) is 16.8 Å². The molecule has 0 unspecified atom stereocenters. The fourth-order valence-corrected chi connectivity index (χ4v) is 2.57. The number of nitrogens with one attached hydrogen (secondary N) is 1. The zero-order valence-corrected chi connectivity index (χ0v) is 13.1. The SMILES string of the molecule is O=C(O)C1(C(=O)NCc2ccc(Cn3ccccc3=O)cc2)CC1. The van der Waals surface area contributed by atoms with Gasteiger partial charge >= 0.3 is 5.97 Å². The first-order chi connectivity index (χ1) is 11.5. The Balaban J connectivity index is 1.59. The molecule has 3 rings (SSSR count). The third-order valence-electron chi connectivity index (χ3n) is 4.32. The van der Waals surface area contributed by atoms with Gasteiger partial charge < -0.3 is 15.0 Å². The minimum Gasteiger partial charge on any atom is -0.480 e. The molecule has 1 aromatic carbocycles. The fraction of sp³-hybridized carbons (Fsp3) is 0.278. The van der Waals surface area contributed by atoms with Crippen molar-refractivity contribution in [2.45, 2.75) is 25.9 Å². The summed E-state index contributed by atoms with van der Waals surface area (Å²) in [4.78, 5) is 34.7. The van der Waals surface area contributed by atoms with Gasteiger partial charge in [0.15, 0.2) is 0 Å². The van der Waals surface area contributed by atoms with Gasteiger partial charge in [-0.05, 0) is 30.0 Å². The normalized spacial score (nSPS) is 14.8. The van der Waals surface area contributed by atoms with Crippen LogP contribution in [0.5, 0.6) is 0 Å². The van der Waals surface area contributed by atoms with Crippen molar-refractivity contribution in [1.29, 1.82) is 0 Å². The summed E-state index contributed by atoms with van der Waals surface area (Å²) in [6, 6.07) is 12.5. The molecule has 6 nitrogen and oxygen atoms in total. The molecule has 0 saturated heterocycles. The second-order valence-corrected chi connectivity index (χ2v) is 6.05. The lowest BCUT2D eigenvalue weighted by Gasteiger charge is -2.11. The average Bonchev–Trinajstić information content (AvgIpc) is 3.38. The van der Waals surface area contributed by atoms with Crippen LogP contribution in [0.15, 0.2) is 53.5 Å². The van der Waals surface area contributed by atoms with Crippen molar-refractivity contribution in [2.75, 3.05) is 0 Å². The lowest BCUT2D eigenvalue weighted by molar-refractivity contribution is -0.149. The van der Waals surface area contributed by atoms with Crippen LogP contribution in [0.1, 0.15) is 24.0 Å². The number of hydrogen-bond acceptors (Lipinski definition) is 3. The Morgan fingerprint density at radius 1 is 1.08 bits per heavy atom. The molecular weight excluding hydrogens is 308 g/mol. The minimum absolute atomic E-state index is 0.0581. The van der Waals surface area contributed by atoms with E-state index in [1.807, 2.05) is 30.3 Å². The third kappa shape index (κ3) is 3.22. The molecule has 0 radical (unpaired) electrons. The van der Waals surface area contributed by atoms with Gasteiger partial charge in [-0.25, -0.2) is 0 Å². The van der Waals surface area contributed by atoms with E-state index >= 15 is 0 Å². The third-order valence-corrected chi connectivity index (χ3v) is 4.32. The highest BCUT2D eigenvalue weighted by Gasteiger charge is 2.56. The smallest absolute Gasteiger partial charge is 0.319 e. The van der Waals surface area contributed by atoms with E-state index in [2.05, 4.69) is 5.32 Å². The second kappa shape index (κ2) is 6.31. The molecule has 124 valence electrons. The number of nitrogens with zero attached hydrogens (tertiary/aromatic N) is 1. The van der Waals surface area contributed by atoms with Crippen molar-refractivity contribution in [1.82, 2.24) is 9.88 Å². The van der Waals surface area contributed by atoms with E-state index in [4.69, 9.17) is 5.11 Å². The second-order valence-electron chi connectivity index (χ2n) is 6.05. The average molecular weight is 326 g/mol. The van der Waals surface area contributed by atoms with E-state index in [9.17, 15) is 14.4 Å². The number of amides is 1. The first-order valence-electron chi connectivity index (χ1n) is 7.76. The van der Waals surface area contributed by atoms with Gasteiger partial charge in [0.25, 0.3) is 5.56 Å². The Labute approximate surface area is 138 Å². The molecule has 0 bridgehead atoms. The summed E-state index contributed by atoms with van der Waals surface area (Å²) >= 11 is 0. The number of carbonyl (C=O) groups is 2. The number of hydrogen-bond donors (Lipinski definition) is 2. The molecule has 1 fully saturated rings. The number of aliphatic carboxylic acids is 1. The number of pyridine rings is 1. The molecule has 24 heavy (non-hydrogen) atoms. The van der Waals surface area contributed by atoms with E-state index in [-0.39, 0.29) is 5.56 Å². The molecule has 1 aliphatic carbocycles. The Hall–Kier alpha value is -2.89. The number of carboxylic acids is 1. The van der Waals surface area contributed by atoms with Gasteiger partial charge in [-0.2, -0.15) is 0 Å². The Bertz CT molecular complexity index is 819. The quantitative estimate of drug-likeness (QED) is 0.785. The maximum atomic E-state index is 12.0. The van der Waals surface area contributed by atoms with Gasteiger partial charge in [0.2, 0.25) is 5.91 Å². The molecule has 6 heteroatoms. The lowest BCUT2D eigenvalue weighted by atomic mass is 10.1. The van der Waals surface area contributed by atoms with E-state index < -0.39 is 17.3 Å². The molecule has 0 spiro atoms. The highest BCUT2D eigenvalue weighted by atomic mass is 16.4. The molecule has 1 amide bonds. The number of rotatable bonds is 6. The van der Waals surface area contributed by atoms with Crippen LogP contribution in [0, 0.1) is 5.41 Å². The molecule has 0 atom stereocenters. The summed E-state index contributed by atoms with van der Waals surface area (Å²) in [6.07, 6.45) is 2.54. The van der Waals surface area contributed by atoms with Crippen LogP contribution in [-0.2, 0) is 22.7 Å². The highest BCUT2D eigenvalue weighted by Crippen LogP contribution is 2.46. The van der Waals surface area contributed by atoms with Crippen molar-refractivity contribution >= 4 is 11.9 Å². The fourth-order valence-electron chi connectivity index (χ4n) is 2.57. The van der Waals surface area contributed by atoms with Gasteiger partial charge in [-0.3, -0.25) is 14.4 Å². The molecule has 2 N–H and O–H groups in total. The number of benzene rings is 1. The van der Waals surface area contributed by atoms with Crippen LogP contribution in [0.25, 0.3) is 0 Å². The molecule has 1 aliphatic rings. The summed E-state index contributed by atoms with van der Waals surface area (Å²) in [5.41, 5.74) is 0.586. The molecular formula is C18H18N2O4. The van der Waals surface area contributed by atoms with Crippen LogP contribution in [0.2, 0.25) is 0 Å². The molecule has 1 heterocycles. The maximum Gasteiger partial charge on any atom is 0.319 e. The molecule has 2 aromatic rings. The zero-order chi connectivity index (χ0) is 17.2. The molecule has 0 aliphatic heterocycles. The summed E-state index contributed by atoms with van der Waals surface area (Å²) in [6.45, 7) is 0.772. The minimum atomic E-state index is -1.21. The van der Waals surface area contributed by atoms with Gasteiger partial charge in [0.05, 0.1) is 6.54 Å². The Morgan fingerprint density at radius 3 is 2.33 bits per heavy atom. The monoisotopic (exact) mass is 326 g/mol. The standard InChI is InChI=1S/C18H18N2O4/c21-15-3-1-2-10-20(15)12-14-6-4-13(5-7-14)11-19-16(22)18(8-9-18)17(23)24/h1-7,10H,8-9,11-12H2,(H,19,22)(H,23,24). The number of carbonyl (C=O) groups excluding carboxylic acids is 1. The summed E-state index contributed by atoms with van der Waals surface area (Å²) in [5.74, 6) is -1.47. The summed E-state index contributed by atoms with van der Waals surface area (Å²) in [5, 5.41) is 11.8. The Morgan fingerprint density at radius 2 is 1.75 bits per heavy atom. The van der Waals surface area contributed by atoms with Crippen LogP contribution < -0.4 is 10.9 Å². The summed E-state index contributed by atoms with van der Waals surface area (Å²) < 4.78 is 1.61. The molecule has 1 saturated carbocycles. The van der Waals surface area contributed by atoms with Gasteiger partial charge in [-0.15, -0.1) is 0 Å². The summed E-state index contributed by atoms with van der Waals surface area (Å²) in [7, 11) is 0. The molecule has 1 aromatic heterocycles. The Kier molecular flexibility index (Phi) is 4.20. The zero-order valence-electron chi connectivity index (χ0n) is 13.1. The first-order valence-corrected chi connectivity index (χ1v) is 7.76.